The summed E-state index contributed by atoms with van der Waals surface area (Å²) in [7, 11) is 0. The average Bonchev–Trinajstić information content (AvgIpc) is 3.20. The normalized spacial score (nSPS) is 17.4. The average molecular weight is 365 g/mol. The predicted molar refractivity (Wildman–Crippen MR) is 96.4 cm³/mol. The summed E-state index contributed by atoms with van der Waals surface area (Å²) in [6.45, 7) is 6.43. The zero-order valence-electron chi connectivity index (χ0n) is 14.5. The first-order valence-corrected chi connectivity index (χ1v) is 9.41. The second-order valence-corrected chi connectivity index (χ2v) is 6.94. The fourth-order valence-electron chi connectivity index (χ4n) is 2.94. The van der Waals surface area contributed by atoms with Gasteiger partial charge in [0.05, 0.1) is 0 Å². The van der Waals surface area contributed by atoms with E-state index >= 15 is 0 Å². The number of carbonyl (C=O) groups excluding carboxylic acids is 1. The van der Waals surface area contributed by atoms with E-state index in [9.17, 15) is 9.59 Å². The summed E-state index contributed by atoms with van der Waals surface area (Å²) in [4.78, 5) is 31.4. The van der Waals surface area contributed by atoms with Crippen LogP contribution in [0.4, 0.5) is 5.13 Å². The molecule has 1 aliphatic heterocycles. The molecule has 0 radical (unpaired) electrons. The van der Waals surface area contributed by atoms with Crippen LogP contribution in [0.3, 0.4) is 0 Å². The quantitative estimate of drug-likeness (QED) is 0.736. The molecule has 1 unspecified atom stereocenters. The van der Waals surface area contributed by atoms with Crippen LogP contribution >= 0.6 is 11.3 Å². The maximum absolute atomic E-state index is 12.5. The van der Waals surface area contributed by atoms with Gasteiger partial charge in [-0.1, -0.05) is 11.3 Å². The molecule has 1 aliphatic rings. The first-order valence-electron chi connectivity index (χ1n) is 8.59. The fourth-order valence-corrected chi connectivity index (χ4v) is 3.97. The van der Waals surface area contributed by atoms with Crippen LogP contribution in [0.15, 0.2) is 10.9 Å². The molecule has 3 heterocycles. The number of aryl methyl sites for hydroxylation is 1. The molecule has 136 valence electrons. The Bertz CT molecular complexity index is 803. The lowest BCUT2D eigenvalue weighted by atomic mass is 10.2. The molecule has 8 nitrogen and oxygen atoms in total. The molecule has 0 aromatic carbocycles. The number of rotatable bonds is 7. The van der Waals surface area contributed by atoms with E-state index in [0.717, 1.165) is 25.8 Å². The predicted octanol–water partition coefficient (Wildman–Crippen LogP) is 0.971. The van der Waals surface area contributed by atoms with Crippen molar-refractivity contribution in [1.29, 1.82) is 0 Å². The summed E-state index contributed by atoms with van der Waals surface area (Å²) >= 11 is 1.35. The number of aromatic nitrogens is 3. The van der Waals surface area contributed by atoms with E-state index in [1.165, 1.54) is 21.9 Å². The molecule has 2 aromatic heterocycles. The molecule has 9 heteroatoms. The van der Waals surface area contributed by atoms with Gasteiger partial charge in [0.15, 0.2) is 0 Å². The van der Waals surface area contributed by atoms with Gasteiger partial charge in [-0.05, 0) is 33.1 Å². The van der Waals surface area contributed by atoms with Gasteiger partial charge in [-0.2, -0.15) is 4.52 Å². The molecule has 2 aromatic rings. The number of nitrogens with zero attached hydrogens (tertiary/aromatic N) is 4. The lowest BCUT2D eigenvalue weighted by Crippen LogP contribution is -2.43. The highest BCUT2D eigenvalue weighted by Crippen LogP contribution is 2.29. The number of fused-ring (bicyclic) bond motifs is 1. The van der Waals surface area contributed by atoms with Crippen molar-refractivity contribution in [2.24, 2.45) is 0 Å². The Balaban J connectivity index is 1.70. The number of anilines is 1. The van der Waals surface area contributed by atoms with Crippen molar-refractivity contribution in [3.05, 3.63) is 22.1 Å². The van der Waals surface area contributed by atoms with Crippen molar-refractivity contribution in [2.45, 2.75) is 39.2 Å². The first-order chi connectivity index (χ1) is 12.1. The SMILES string of the molecule is CCOCCCNC(=O)C1CCCN1c1nn2c(=O)cc(C)nc2s1. The molecule has 1 amide bonds. The van der Waals surface area contributed by atoms with E-state index in [4.69, 9.17) is 4.74 Å². The van der Waals surface area contributed by atoms with Crippen LogP contribution in [0.5, 0.6) is 0 Å². The topological polar surface area (TPSA) is 88.8 Å². The third kappa shape index (κ3) is 3.98. The van der Waals surface area contributed by atoms with Gasteiger partial charge in [0.1, 0.15) is 6.04 Å². The van der Waals surface area contributed by atoms with Crippen LogP contribution in [0.1, 0.15) is 31.9 Å². The molecular weight excluding hydrogens is 342 g/mol. The van der Waals surface area contributed by atoms with E-state index < -0.39 is 0 Å². The van der Waals surface area contributed by atoms with Crippen LogP contribution in [0, 0.1) is 6.92 Å². The van der Waals surface area contributed by atoms with E-state index in [1.807, 2.05) is 11.8 Å². The Kier molecular flexibility index (Phi) is 5.64. The minimum Gasteiger partial charge on any atom is -0.382 e. The zero-order valence-corrected chi connectivity index (χ0v) is 15.3. The maximum Gasteiger partial charge on any atom is 0.275 e. The smallest absolute Gasteiger partial charge is 0.275 e. The number of amides is 1. The lowest BCUT2D eigenvalue weighted by Gasteiger charge is -2.22. The number of hydrogen-bond donors (Lipinski definition) is 1. The van der Waals surface area contributed by atoms with Gasteiger partial charge in [0.25, 0.3) is 5.56 Å². The molecule has 3 rings (SSSR count). The van der Waals surface area contributed by atoms with Crippen molar-refractivity contribution in [2.75, 3.05) is 31.2 Å². The summed E-state index contributed by atoms with van der Waals surface area (Å²) < 4.78 is 6.58. The van der Waals surface area contributed by atoms with Crippen molar-refractivity contribution >= 4 is 27.3 Å². The van der Waals surface area contributed by atoms with Crippen LogP contribution in [0.25, 0.3) is 4.96 Å². The van der Waals surface area contributed by atoms with Gasteiger partial charge in [0, 0.05) is 38.1 Å². The van der Waals surface area contributed by atoms with E-state index in [1.54, 1.807) is 6.92 Å². The van der Waals surface area contributed by atoms with Crippen LogP contribution in [-0.2, 0) is 9.53 Å². The summed E-state index contributed by atoms with van der Waals surface area (Å²) in [5.41, 5.74) is 0.478. The Morgan fingerprint density at radius 3 is 3.16 bits per heavy atom. The summed E-state index contributed by atoms with van der Waals surface area (Å²) in [6, 6.07) is 1.22. The molecular formula is C16H23N5O3S. The molecule has 0 saturated carbocycles. The molecule has 1 saturated heterocycles. The maximum atomic E-state index is 12.5. The number of carbonyl (C=O) groups is 1. The molecule has 1 fully saturated rings. The van der Waals surface area contributed by atoms with Crippen molar-refractivity contribution in [3.63, 3.8) is 0 Å². The van der Waals surface area contributed by atoms with Gasteiger partial charge in [-0.15, -0.1) is 5.10 Å². The van der Waals surface area contributed by atoms with Crippen LogP contribution < -0.4 is 15.8 Å². The molecule has 25 heavy (non-hydrogen) atoms. The summed E-state index contributed by atoms with van der Waals surface area (Å²) in [6.07, 6.45) is 2.51. The van der Waals surface area contributed by atoms with Crippen LogP contribution in [-0.4, -0.2) is 52.9 Å². The Morgan fingerprint density at radius 1 is 1.52 bits per heavy atom. The van der Waals surface area contributed by atoms with Gasteiger partial charge < -0.3 is 15.0 Å². The fraction of sp³-hybridized carbons (Fsp3) is 0.625. The zero-order chi connectivity index (χ0) is 17.8. The van der Waals surface area contributed by atoms with E-state index in [0.29, 0.717) is 35.5 Å². The van der Waals surface area contributed by atoms with Crippen molar-refractivity contribution in [1.82, 2.24) is 19.9 Å². The highest BCUT2D eigenvalue weighted by Gasteiger charge is 2.32. The van der Waals surface area contributed by atoms with Crippen LogP contribution in [0.2, 0.25) is 0 Å². The summed E-state index contributed by atoms with van der Waals surface area (Å²) in [5, 5.41) is 8.01. The Hall–Kier alpha value is -2.00. The largest absolute Gasteiger partial charge is 0.382 e. The minimum atomic E-state index is -0.246. The minimum absolute atomic E-state index is 0.00439. The van der Waals surface area contributed by atoms with Gasteiger partial charge in [-0.25, -0.2) is 4.98 Å². The van der Waals surface area contributed by atoms with Gasteiger partial charge >= 0.3 is 0 Å². The second kappa shape index (κ2) is 7.92. The van der Waals surface area contributed by atoms with Gasteiger partial charge in [0.2, 0.25) is 16.0 Å². The van der Waals surface area contributed by atoms with Crippen molar-refractivity contribution in [3.8, 4) is 0 Å². The molecule has 0 bridgehead atoms. The standard InChI is InChI=1S/C16H23N5O3S/c1-3-24-9-5-7-17-14(23)12-6-4-8-20(12)16-19-21-13(22)10-11(2)18-15(21)25-16/h10,12H,3-9H2,1-2H3,(H,17,23). The Morgan fingerprint density at radius 2 is 2.36 bits per heavy atom. The summed E-state index contributed by atoms with van der Waals surface area (Å²) in [5.74, 6) is 0.00439. The van der Waals surface area contributed by atoms with Gasteiger partial charge in [-0.3, -0.25) is 9.59 Å². The number of hydrogen-bond acceptors (Lipinski definition) is 7. The monoisotopic (exact) mass is 365 g/mol. The van der Waals surface area contributed by atoms with E-state index in [2.05, 4.69) is 15.4 Å². The number of ether oxygens (including phenoxy) is 1. The third-order valence-corrected chi connectivity index (χ3v) is 5.08. The molecule has 1 atom stereocenters. The lowest BCUT2D eigenvalue weighted by molar-refractivity contribution is -0.122. The second-order valence-electron chi connectivity index (χ2n) is 6.01. The number of nitrogens with one attached hydrogen (secondary N) is 1. The van der Waals surface area contributed by atoms with E-state index in [-0.39, 0.29) is 17.5 Å². The van der Waals surface area contributed by atoms with Crippen molar-refractivity contribution < 1.29 is 9.53 Å². The molecule has 1 N–H and O–H groups in total. The molecule has 0 aliphatic carbocycles. The Labute approximate surface area is 149 Å². The third-order valence-electron chi connectivity index (χ3n) is 4.13. The first kappa shape index (κ1) is 17.8. The highest BCUT2D eigenvalue weighted by molar-refractivity contribution is 7.20. The highest BCUT2D eigenvalue weighted by atomic mass is 32.1. The molecule has 0 spiro atoms.